The van der Waals surface area contributed by atoms with Crippen molar-refractivity contribution in [3.05, 3.63) is 53.6 Å². The second kappa shape index (κ2) is 8.28. The summed E-state index contributed by atoms with van der Waals surface area (Å²) in [6.45, 7) is 1.40. The van der Waals surface area contributed by atoms with Gasteiger partial charge in [0.1, 0.15) is 17.3 Å². The number of para-hydroxylation sites is 1. The number of carbonyl (C=O) groups is 2. The van der Waals surface area contributed by atoms with E-state index in [9.17, 15) is 18.4 Å². The van der Waals surface area contributed by atoms with Gasteiger partial charge in [-0.25, -0.2) is 13.6 Å². The summed E-state index contributed by atoms with van der Waals surface area (Å²) in [5.74, 6) is -2.73. The second-order valence-electron chi connectivity index (χ2n) is 5.20. The molecule has 1 atom stereocenters. The molecule has 0 radical (unpaired) electrons. The van der Waals surface area contributed by atoms with E-state index in [-0.39, 0.29) is 17.1 Å². The van der Waals surface area contributed by atoms with Gasteiger partial charge >= 0.3 is 5.97 Å². The molecule has 1 amide bonds. The van der Waals surface area contributed by atoms with E-state index in [4.69, 9.17) is 9.47 Å². The van der Waals surface area contributed by atoms with Crippen molar-refractivity contribution in [2.75, 3.05) is 19.5 Å². The normalized spacial score (nSPS) is 11.4. The lowest BCUT2D eigenvalue weighted by molar-refractivity contribution is -0.122. The predicted octanol–water partition coefficient (Wildman–Crippen LogP) is 3.17. The Morgan fingerprint density at radius 2 is 1.69 bits per heavy atom. The highest BCUT2D eigenvalue weighted by Gasteiger charge is 2.21. The Labute approximate surface area is 148 Å². The van der Waals surface area contributed by atoms with Crippen LogP contribution in [0.2, 0.25) is 0 Å². The van der Waals surface area contributed by atoms with Crippen LogP contribution in [0.1, 0.15) is 17.3 Å². The number of amides is 1. The third-order valence-corrected chi connectivity index (χ3v) is 3.47. The number of hydrogen-bond acceptors (Lipinski definition) is 5. The topological polar surface area (TPSA) is 73.9 Å². The molecule has 0 aliphatic carbocycles. The van der Waals surface area contributed by atoms with Crippen molar-refractivity contribution in [1.82, 2.24) is 0 Å². The lowest BCUT2D eigenvalue weighted by Crippen LogP contribution is -2.31. The van der Waals surface area contributed by atoms with Crippen LogP contribution >= 0.6 is 0 Å². The van der Waals surface area contributed by atoms with E-state index in [1.165, 1.54) is 45.4 Å². The van der Waals surface area contributed by atoms with Crippen LogP contribution in [0.15, 0.2) is 36.4 Å². The number of esters is 1. The molecule has 0 fully saturated rings. The van der Waals surface area contributed by atoms with Crippen molar-refractivity contribution in [3.8, 4) is 11.5 Å². The molecule has 138 valence electrons. The fraction of sp³-hybridized carbons (Fsp3) is 0.222. The van der Waals surface area contributed by atoms with Gasteiger partial charge in [-0.3, -0.25) is 4.79 Å². The molecule has 0 spiro atoms. The number of ether oxygens (including phenoxy) is 3. The molecule has 0 aliphatic heterocycles. The summed E-state index contributed by atoms with van der Waals surface area (Å²) < 4.78 is 42.5. The van der Waals surface area contributed by atoms with Gasteiger partial charge in [0.05, 0.1) is 19.8 Å². The minimum Gasteiger partial charge on any atom is -0.493 e. The minimum absolute atomic E-state index is 0.178. The molecule has 0 aliphatic rings. The van der Waals surface area contributed by atoms with Crippen LogP contribution in [-0.4, -0.2) is 32.2 Å². The van der Waals surface area contributed by atoms with Crippen LogP contribution in [0.25, 0.3) is 0 Å². The molecule has 0 unspecified atom stereocenters. The Morgan fingerprint density at radius 3 is 2.27 bits per heavy atom. The first kappa shape index (κ1) is 19.2. The maximum absolute atomic E-state index is 13.6. The van der Waals surface area contributed by atoms with Crippen molar-refractivity contribution in [2.45, 2.75) is 13.0 Å². The van der Waals surface area contributed by atoms with Gasteiger partial charge in [0.2, 0.25) is 0 Å². The molecule has 0 aromatic heterocycles. The van der Waals surface area contributed by atoms with Crippen LogP contribution in [0.3, 0.4) is 0 Å². The highest BCUT2D eigenvalue weighted by atomic mass is 19.1. The minimum atomic E-state index is -1.09. The maximum Gasteiger partial charge on any atom is 0.337 e. The number of carbonyl (C=O) groups excluding carboxylic acids is 2. The Balaban J connectivity index is 2.15. The van der Waals surface area contributed by atoms with Crippen molar-refractivity contribution in [2.24, 2.45) is 0 Å². The molecule has 0 saturated heterocycles. The summed E-state index contributed by atoms with van der Waals surface area (Å²) in [5.41, 5.74) is -0.316. The molecular formula is C18H17F2NO5. The fourth-order valence-corrected chi connectivity index (χ4v) is 2.10. The number of rotatable bonds is 6. The summed E-state index contributed by atoms with van der Waals surface area (Å²) in [4.78, 5) is 23.7. The van der Waals surface area contributed by atoms with Gasteiger partial charge in [-0.05, 0) is 37.3 Å². The highest BCUT2D eigenvalue weighted by molar-refractivity contribution is 5.94. The first-order chi connectivity index (χ1) is 12.4. The van der Waals surface area contributed by atoms with E-state index in [0.717, 1.165) is 12.1 Å². The maximum atomic E-state index is 13.6. The van der Waals surface area contributed by atoms with E-state index in [1.54, 1.807) is 0 Å². The Kier molecular flexibility index (Phi) is 6.11. The summed E-state index contributed by atoms with van der Waals surface area (Å²) in [5, 5.41) is 2.15. The van der Waals surface area contributed by atoms with E-state index in [1.807, 2.05) is 0 Å². The van der Waals surface area contributed by atoms with Crippen LogP contribution in [0.4, 0.5) is 14.5 Å². The molecule has 1 N–H and O–H groups in total. The van der Waals surface area contributed by atoms with E-state index >= 15 is 0 Å². The van der Waals surface area contributed by atoms with Crippen LogP contribution in [-0.2, 0) is 9.53 Å². The smallest absolute Gasteiger partial charge is 0.337 e. The Morgan fingerprint density at radius 1 is 1.04 bits per heavy atom. The van der Waals surface area contributed by atoms with Crippen LogP contribution < -0.4 is 14.8 Å². The molecule has 2 rings (SSSR count). The predicted molar refractivity (Wildman–Crippen MR) is 89.4 cm³/mol. The number of hydrogen-bond donors (Lipinski definition) is 1. The average Bonchev–Trinajstić information content (AvgIpc) is 2.64. The summed E-state index contributed by atoms with van der Waals surface area (Å²) in [6.07, 6.45) is -1.09. The standard InChI is InChI=1S/C18H17F2NO5/c1-10(17(22)21-16-12(19)5-4-6-13(16)20)26-14-8-7-11(18(23)25-3)9-15(14)24-2/h4-10H,1-3H3,(H,21,22)/t10-/m0/s1. The summed E-state index contributed by atoms with van der Waals surface area (Å²) >= 11 is 0. The van der Waals surface area contributed by atoms with Gasteiger partial charge in [0, 0.05) is 0 Å². The highest BCUT2D eigenvalue weighted by Crippen LogP contribution is 2.29. The summed E-state index contributed by atoms with van der Waals surface area (Å²) in [7, 11) is 2.61. The van der Waals surface area contributed by atoms with Crippen molar-refractivity contribution < 1.29 is 32.6 Å². The molecule has 2 aromatic rings. The largest absolute Gasteiger partial charge is 0.493 e. The number of methoxy groups -OCH3 is 2. The lowest BCUT2D eigenvalue weighted by atomic mass is 10.2. The zero-order chi connectivity index (χ0) is 19.3. The number of nitrogens with one attached hydrogen (secondary N) is 1. The van der Waals surface area contributed by atoms with E-state index in [2.05, 4.69) is 10.1 Å². The van der Waals surface area contributed by atoms with E-state index < -0.39 is 35.3 Å². The number of anilines is 1. The van der Waals surface area contributed by atoms with Crippen molar-refractivity contribution >= 4 is 17.6 Å². The molecule has 8 heteroatoms. The molecule has 0 bridgehead atoms. The number of halogens is 2. The molecule has 0 saturated carbocycles. The first-order valence-corrected chi connectivity index (χ1v) is 7.55. The number of benzene rings is 2. The van der Waals surface area contributed by atoms with Gasteiger partial charge in [-0.2, -0.15) is 0 Å². The lowest BCUT2D eigenvalue weighted by Gasteiger charge is -2.17. The third-order valence-electron chi connectivity index (χ3n) is 3.47. The fourth-order valence-electron chi connectivity index (χ4n) is 2.10. The SMILES string of the molecule is COC(=O)c1ccc(O[C@@H](C)C(=O)Nc2c(F)cccc2F)c(OC)c1. The van der Waals surface area contributed by atoms with Crippen molar-refractivity contribution in [3.63, 3.8) is 0 Å². The van der Waals surface area contributed by atoms with Gasteiger partial charge in [0.15, 0.2) is 17.6 Å². The quantitative estimate of drug-likeness (QED) is 0.796. The van der Waals surface area contributed by atoms with Crippen LogP contribution in [0.5, 0.6) is 11.5 Å². The zero-order valence-corrected chi connectivity index (χ0v) is 14.3. The molecule has 2 aromatic carbocycles. The monoisotopic (exact) mass is 365 g/mol. The van der Waals surface area contributed by atoms with Crippen LogP contribution in [0, 0.1) is 11.6 Å². The van der Waals surface area contributed by atoms with Gasteiger partial charge in [-0.1, -0.05) is 6.07 Å². The van der Waals surface area contributed by atoms with Gasteiger partial charge < -0.3 is 19.5 Å². The van der Waals surface area contributed by atoms with Crippen molar-refractivity contribution in [1.29, 1.82) is 0 Å². The third kappa shape index (κ3) is 4.27. The Bertz CT molecular complexity index is 805. The van der Waals surface area contributed by atoms with E-state index in [0.29, 0.717) is 0 Å². The first-order valence-electron chi connectivity index (χ1n) is 7.55. The zero-order valence-electron chi connectivity index (χ0n) is 14.3. The second-order valence-corrected chi connectivity index (χ2v) is 5.20. The van der Waals surface area contributed by atoms with Gasteiger partial charge in [-0.15, -0.1) is 0 Å². The molecule has 0 heterocycles. The van der Waals surface area contributed by atoms with Gasteiger partial charge in [0.25, 0.3) is 5.91 Å². The molecular weight excluding hydrogens is 348 g/mol. The average molecular weight is 365 g/mol. The summed E-state index contributed by atoms with van der Waals surface area (Å²) in [6, 6.07) is 7.50. The molecule has 26 heavy (non-hydrogen) atoms. The molecule has 6 nitrogen and oxygen atoms in total. The Hall–Kier alpha value is -3.16.